The smallest absolute Gasteiger partial charge is 0.206 e. The van der Waals surface area contributed by atoms with E-state index in [0.717, 1.165) is 16.3 Å². The number of benzene rings is 2. The van der Waals surface area contributed by atoms with Gasteiger partial charge in [-0.2, -0.15) is 5.48 Å². The molecule has 5 atom stereocenters. The third-order valence-corrected chi connectivity index (χ3v) is 4.19. The van der Waals surface area contributed by atoms with Crippen LogP contribution in [0.1, 0.15) is 5.56 Å². The Bertz CT molecular complexity index is 674. The maximum Gasteiger partial charge on any atom is 0.206 e. The van der Waals surface area contributed by atoms with Crippen LogP contribution in [0.4, 0.5) is 0 Å². The molecule has 0 aromatic heterocycles. The molecular weight excluding hydrogens is 314 g/mol. The van der Waals surface area contributed by atoms with Crippen molar-refractivity contribution in [1.82, 2.24) is 5.48 Å². The van der Waals surface area contributed by atoms with Gasteiger partial charge in [-0.25, -0.2) is 0 Å². The van der Waals surface area contributed by atoms with Gasteiger partial charge in [0.1, 0.15) is 24.4 Å². The zero-order chi connectivity index (χ0) is 17.1. The molecule has 24 heavy (non-hydrogen) atoms. The lowest BCUT2D eigenvalue weighted by Crippen LogP contribution is -2.59. The minimum Gasteiger partial charge on any atom is -0.394 e. The number of ether oxygens (including phenoxy) is 1. The summed E-state index contributed by atoms with van der Waals surface area (Å²) < 4.78 is 5.26. The molecule has 3 rings (SSSR count). The van der Waals surface area contributed by atoms with Crippen LogP contribution in [0.3, 0.4) is 0 Å². The summed E-state index contributed by atoms with van der Waals surface area (Å²) in [6.07, 6.45) is -6.48. The van der Waals surface area contributed by atoms with Crippen LogP contribution >= 0.6 is 0 Å². The van der Waals surface area contributed by atoms with Crippen molar-refractivity contribution in [2.24, 2.45) is 0 Å². The van der Waals surface area contributed by atoms with Gasteiger partial charge < -0.3 is 25.2 Å². The average molecular weight is 335 g/mol. The molecule has 0 unspecified atom stereocenters. The molecule has 0 amide bonds. The van der Waals surface area contributed by atoms with Gasteiger partial charge in [0.2, 0.25) is 6.29 Å². The summed E-state index contributed by atoms with van der Waals surface area (Å²) >= 11 is 0. The lowest BCUT2D eigenvalue weighted by molar-refractivity contribution is -0.316. The zero-order valence-corrected chi connectivity index (χ0v) is 12.9. The highest BCUT2D eigenvalue weighted by molar-refractivity contribution is 5.85. The predicted molar refractivity (Wildman–Crippen MR) is 85.6 cm³/mol. The quantitative estimate of drug-likeness (QED) is 0.475. The number of aliphatic hydroxyl groups excluding tert-OH is 4. The Labute approximate surface area is 139 Å². The van der Waals surface area contributed by atoms with Gasteiger partial charge in [0.15, 0.2) is 0 Å². The lowest BCUT2D eigenvalue weighted by Gasteiger charge is -2.39. The van der Waals surface area contributed by atoms with Crippen LogP contribution in [0.25, 0.3) is 10.8 Å². The van der Waals surface area contributed by atoms with E-state index in [9.17, 15) is 15.3 Å². The topological polar surface area (TPSA) is 111 Å². The highest BCUT2D eigenvalue weighted by Crippen LogP contribution is 2.22. The molecule has 0 bridgehead atoms. The second kappa shape index (κ2) is 7.54. The maximum absolute atomic E-state index is 9.91. The summed E-state index contributed by atoms with van der Waals surface area (Å²) in [6, 6.07) is 13.8. The van der Waals surface area contributed by atoms with Crippen LogP contribution in [-0.2, 0) is 16.1 Å². The van der Waals surface area contributed by atoms with Crippen molar-refractivity contribution >= 4 is 10.8 Å². The molecule has 1 fully saturated rings. The molecule has 5 N–H and O–H groups in total. The summed E-state index contributed by atoms with van der Waals surface area (Å²) in [5.41, 5.74) is 3.71. The van der Waals surface area contributed by atoms with Crippen molar-refractivity contribution in [2.45, 2.75) is 37.3 Å². The van der Waals surface area contributed by atoms with Gasteiger partial charge in [-0.05, 0) is 16.3 Å². The Morgan fingerprint density at radius 3 is 2.50 bits per heavy atom. The van der Waals surface area contributed by atoms with Crippen molar-refractivity contribution in [3.63, 3.8) is 0 Å². The van der Waals surface area contributed by atoms with Gasteiger partial charge in [0, 0.05) is 6.54 Å². The first-order chi connectivity index (χ1) is 11.6. The van der Waals surface area contributed by atoms with Crippen LogP contribution in [0.5, 0.6) is 0 Å². The fourth-order valence-corrected chi connectivity index (χ4v) is 2.81. The predicted octanol–water partition coefficient (Wildman–Crippen LogP) is -0.339. The molecule has 1 aliphatic heterocycles. The van der Waals surface area contributed by atoms with Crippen LogP contribution in [0.2, 0.25) is 0 Å². The molecule has 2 aromatic rings. The summed E-state index contributed by atoms with van der Waals surface area (Å²) in [5, 5.41) is 40.7. The Kier molecular flexibility index (Phi) is 5.42. The number of rotatable bonds is 5. The maximum atomic E-state index is 9.91. The third-order valence-electron chi connectivity index (χ3n) is 4.19. The van der Waals surface area contributed by atoms with Gasteiger partial charge in [-0.15, -0.1) is 0 Å². The largest absolute Gasteiger partial charge is 0.394 e. The lowest BCUT2D eigenvalue weighted by atomic mass is 9.99. The molecular formula is C17H21NO6. The summed E-state index contributed by atoms with van der Waals surface area (Å²) in [6.45, 7) is -0.134. The first kappa shape index (κ1) is 17.2. The number of hydrogen-bond acceptors (Lipinski definition) is 7. The second-order valence-corrected chi connectivity index (χ2v) is 5.77. The molecule has 1 heterocycles. The molecule has 0 aliphatic carbocycles. The number of nitrogens with one attached hydrogen (secondary N) is 1. The van der Waals surface area contributed by atoms with E-state index in [1.807, 2.05) is 42.5 Å². The Hall–Kier alpha value is -1.58. The summed E-state index contributed by atoms with van der Waals surface area (Å²) in [5.74, 6) is 0. The van der Waals surface area contributed by atoms with E-state index in [2.05, 4.69) is 5.48 Å². The highest BCUT2D eigenvalue weighted by atomic mass is 16.8. The van der Waals surface area contributed by atoms with Gasteiger partial charge in [-0.3, -0.25) is 4.84 Å². The van der Waals surface area contributed by atoms with Crippen LogP contribution in [0, 0.1) is 0 Å². The van der Waals surface area contributed by atoms with E-state index in [4.69, 9.17) is 14.7 Å². The Morgan fingerprint density at radius 2 is 1.71 bits per heavy atom. The van der Waals surface area contributed by atoms with E-state index in [-0.39, 0.29) is 0 Å². The third kappa shape index (κ3) is 3.42. The molecule has 0 spiro atoms. The van der Waals surface area contributed by atoms with E-state index < -0.39 is 37.3 Å². The van der Waals surface area contributed by atoms with Crippen molar-refractivity contribution < 1.29 is 30.0 Å². The van der Waals surface area contributed by atoms with Gasteiger partial charge in [-0.1, -0.05) is 42.5 Å². The van der Waals surface area contributed by atoms with E-state index in [0.29, 0.717) is 6.54 Å². The monoisotopic (exact) mass is 335 g/mol. The van der Waals surface area contributed by atoms with E-state index in [1.54, 1.807) is 0 Å². The van der Waals surface area contributed by atoms with Gasteiger partial charge >= 0.3 is 0 Å². The average Bonchev–Trinajstić information content (AvgIpc) is 2.62. The zero-order valence-electron chi connectivity index (χ0n) is 12.9. The van der Waals surface area contributed by atoms with Crippen molar-refractivity contribution in [3.8, 4) is 0 Å². The Morgan fingerprint density at radius 1 is 0.958 bits per heavy atom. The first-order valence-electron chi connectivity index (χ1n) is 7.77. The molecule has 2 aromatic carbocycles. The van der Waals surface area contributed by atoms with E-state index >= 15 is 0 Å². The molecule has 130 valence electrons. The number of hydroxylamine groups is 1. The van der Waals surface area contributed by atoms with Crippen LogP contribution < -0.4 is 5.48 Å². The number of fused-ring (bicyclic) bond motifs is 1. The molecule has 7 heteroatoms. The SMILES string of the molecule is OC[C@H]1O[C@@H](ONCc2cccc3ccccc23)[C@H](O)[C@@H](O)[C@H]1O. The number of aliphatic hydroxyl groups is 4. The van der Waals surface area contributed by atoms with Crippen molar-refractivity contribution in [3.05, 3.63) is 48.0 Å². The normalized spacial score (nSPS) is 30.6. The van der Waals surface area contributed by atoms with Crippen LogP contribution in [0.15, 0.2) is 42.5 Å². The standard InChI is InChI=1S/C17H21NO6/c19-9-13-14(20)15(21)16(22)17(23-13)24-18-8-11-6-3-5-10-4-1-2-7-12(10)11/h1-7,13-22H,8-9H2/t13-,14+,15+,16-,17+/m1/s1. The molecule has 1 saturated heterocycles. The fraction of sp³-hybridized carbons (Fsp3) is 0.412. The first-order valence-corrected chi connectivity index (χ1v) is 7.77. The number of hydrogen-bond donors (Lipinski definition) is 5. The highest BCUT2D eigenvalue weighted by Gasteiger charge is 2.44. The minimum absolute atomic E-state index is 0.358. The van der Waals surface area contributed by atoms with Gasteiger partial charge in [0.25, 0.3) is 0 Å². The minimum atomic E-state index is -1.46. The second-order valence-electron chi connectivity index (χ2n) is 5.77. The molecule has 0 radical (unpaired) electrons. The molecule has 7 nitrogen and oxygen atoms in total. The van der Waals surface area contributed by atoms with Gasteiger partial charge in [0.05, 0.1) is 6.61 Å². The molecule has 1 aliphatic rings. The Balaban J connectivity index is 1.63. The van der Waals surface area contributed by atoms with E-state index in [1.165, 1.54) is 0 Å². The molecule has 0 saturated carbocycles. The van der Waals surface area contributed by atoms with Crippen LogP contribution in [-0.4, -0.2) is 57.7 Å². The van der Waals surface area contributed by atoms with Crippen molar-refractivity contribution in [2.75, 3.05) is 6.61 Å². The summed E-state index contributed by atoms with van der Waals surface area (Å²) in [7, 11) is 0. The van der Waals surface area contributed by atoms with Crippen molar-refractivity contribution in [1.29, 1.82) is 0 Å². The fourth-order valence-electron chi connectivity index (χ4n) is 2.81. The summed E-state index contributed by atoms with van der Waals surface area (Å²) in [4.78, 5) is 5.29.